The Morgan fingerprint density at radius 1 is 1.00 bits per heavy atom. The zero-order chi connectivity index (χ0) is 17.7. The van der Waals surface area contributed by atoms with Crippen LogP contribution in [0.15, 0.2) is 66.7 Å². The van der Waals surface area contributed by atoms with E-state index < -0.39 is 0 Å². The molecule has 2 heterocycles. The van der Waals surface area contributed by atoms with Crippen molar-refractivity contribution in [3.8, 4) is 22.9 Å². The number of ether oxygens (including phenoxy) is 1. The number of phenolic OH excluding ortho intramolecular Hbond substituents is 1. The average Bonchev–Trinajstić information content (AvgIpc) is 3.08. The van der Waals surface area contributed by atoms with Crippen LogP contribution in [-0.4, -0.2) is 21.8 Å². The quantitative estimate of drug-likeness (QED) is 0.567. The molecule has 0 saturated carbocycles. The Morgan fingerprint density at radius 2 is 1.81 bits per heavy atom. The van der Waals surface area contributed by atoms with Crippen LogP contribution < -0.4 is 10.1 Å². The van der Waals surface area contributed by atoms with Crippen molar-refractivity contribution in [3.63, 3.8) is 0 Å². The van der Waals surface area contributed by atoms with Gasteiger partial charge in [-0.25, -0.2) is 4.98 Å². The summed E-state index contributed by atoms with van der Waals surface area (Å²) in [5.74, 6) is 1.47. The minimum Gasteiger partial charge on any atom is -0.504 e. The zero-order valence-electron chi connectivity index (χ0n) is 14.2. The minimum atomic E-state index is -0.289. The number of aromatic hydroxyl groups is 1. The summed E-state index contributed by atoms with van der Waals surface area (Å²) < 4.78 is 7.43. The topological polar surface area (TPSA) is 59.3 Å². The highest BCUT2D eigenvalue weighted by atomic mass is 16.5. The standard InChI is InChI=1S/C21H17N3O2/c1-26-18-12-6-8-14(19(18)25)21-22-15-9-3-2-7-13(15)20-23-16-10-4-5-11-17(16)24(20)21/h2-12,21-22,25H,1H3. The van der Waals surface area contributed by atoms with Crippen molar-refractivity contribution >= 4 is 16.7 Å². The number of anilines is 1. The number of hydrogen-bond donors (Lipinski definition) is 2. The van der Waals surface area contributed by atoms with Crippen LogP contribution in [0.2, 0.25) is 0 Å². The Labute approximate surface area is 150 Å². The lowest BCUT2D eigenvalue weighted by Crippen LogP contribution is -2.24. The number of imidazole rings is 1. The van der Waals surface area contributed by atoms with Gasteiger partial charge in [0.05, 0.1) is 18.1 Å². The van der Waals surface area contributed by atoms with Gasteiger partial charge in [-0.3, -0.25) is 4.57 Å². The molecule has 2 N–H and O–H groups in total. The summed E-state index contributed by atoms with van der Waals surface area (Å²) >= 11 is 0. The van der Waals surface area contributed by atoms with Crippen LogP contribution in [0.3, 0.4) is 0 Å². The molecular formula is C21H17N3O2. The van der Waals surface area contributed by atoms with E-state index in [4.69, 9.17) is 9.72 Å². The Bertz CT molecular complexity index is 1130. The SMILES string of the molecule is COc1cccc(C2Nc3ccccc3-c3nc4ccccc4n32)c1O. The number of benzene rings is 3. The van der Waals surface area contributed by atoms with Crippen LogP contribution in [0.25, 0.3) is 22.4 Å². The molecule has 5 nitrogen and oxygen atoms in total. The van der Waals surface area contributed by atoms with E-state index in [1.54, 1.807) is 13.2 Å². The summed E-state index contributed by atoms with van der Waals surface area (Å²) in [5.41, 5.74) is 4.71. The highest BCUT2D eigenvalue weighted by Gasteiger charge is 2.30. The van der Waals surface area contributed by atoms with Gasteiger partial charge in [0.1, 0.15) is 12.0 Å². The van der Waals surface area contributed by atoms with Crippen molar-refractivity contribution in [2.75, 3.05) is 12.4 Å². The maximum absolute atomic E-state index is 10.7. The Kier molecular flexibility index (Phi) is 3.15. The highest BCUT2D eigenvalue weighted by molar-refractivity contribution is 5.87. The van der Waals surface area contributed by atoms with Gasteiger partial charge >= 0.3 is 0 Å². The fourth-order valence-corrected chi connectivity index (χ4v) is 3.65. The first kappa shape index (κ1) is 14.8. The monoisotopic (exact) mass is 343 g/mol. The van der Waals surface area contributed by atoms with E-state index in [1.165, 1.54) is 0 Å². The molecule has 0 fully saturated rings. The predicted molar refractivity (Wildman–Crippen MR) is 102 cm³/mol. The molecule has 26 heavy (non-hydrogen) atoms. The summed E-state index contributed by atoms with van der Waals surface area (Å²) in [6.45, 7) is 0. The van der Waals surface area contributed by atoms with Gasteiger partial charge in [-0.05, 0) is 30.3 Å². The molecule has 1 aromatic heterocycles. The van der Waals surface area contributed by atoms with Crippen molar-refractivity contribution < 1.29 is 9.84 Å². The van der Waals surface area contributed by atoms with E-state index in [0.717, 1.165) is 33.7 Å². The normalized spacial score (nSPS) is 15.2. The number of para-hydroxylation sites is 4. The number of fused-ring (bicyclic) bond motifs is 5. The fourth-order valence-electron chi connectivity index (χ4n) is 3.65. The molecule has 0 saturated heterocycles. The molecule has 1 atom stereocenters. The van der Waals surface area contributed by atoms with Crippen molar-refractivity contribution in [2.45, 2.75) is 6.17 Å². The van der Waals surface area contributed by atoms with E-state index in [-0.39, 0.29) is 11.9 Å². The lowest BCUT2D eigenvalue weighted by Gasteiger charge is -2.30. The molecule has 5 rings (SSSR count). The van der Waals surface area contributed by atoms with Gasteiger partial charge in [-0.2, -0.15) is 0 Å². The van der Waals surface area contributed by atoms with Crippen LogP contribution in [0, 0.1) is 0 Å². The van der Waals surface area contributed by atoms with Gasteiger partial charge in [0.25, 0.3) is 0 Å². The lowest BCUT2D eigenvalue weighted by molar-refractivity contribution is 0.368. The highest BCUT2D eigenvalue weighted by Crippen LogP contribution is 2.43. The third kappa shape index (κ3) is 2.00. The first-order valence-electron chi connectivity index (χ1n) is 8.46. The van der Waals surface area contributed by atoms with Gasteiger partial charge in [0.15, 0.2) is 11.5 Å². The molecule has 0 bridgehead atoms. The molecule has 5 heteroatoms. The Balaban J connectivity index is 1.82. The molecule has 0 amide bonds. The van der Waals surface area contributed by atoms with E-state index in [2.05, 4.69) is 16.0 Å². The zero-order valence-corrected chi connectivity index (χ0v) is 14.2. The molecular weight excluding hydrogens is 326 g/mol. The molecule has 3 aromatic carbocycles. The second-order valence-electron chi connectivity index (χ2n) is 6.28. The smallest absolute Gasteiger partial charge is 0.164 e. The first-order valence-corrected chi connectivity index (χ1v) is 8.46. The molecule has 0 spiro atoms. The van der Waals surface area contributed by atoms with Gasteiger partial charge in [-0.15, -0.1) is 0 Å². The van der Waals surface area contributed by atoms with Gasteiger partial charge in [0, 0.05) is 16.8 Å². The number of hydrogen-bond acceptors (Lipinski definition) is 4. The molecule has 1 aliphatic heterocycles. The van der Waals surface area contributed by atoms with Gasteiger partial charge in [0.2, 0.25) is 0 Å². The summed E-state index contributed by atoms with van der Waals surface area (Å²) in [5, 5.41) is 14.3. The van der Waals surface area contributed by atoms with Crippen molar-refractivity contribution in [2.24, 2.45) is 0 Å². The maximum Gasteiger partial charge on any atom is 0.164 e. The molecule has 1 aliphatic rings. The third-order valence-corrected chi connectivity index (χ3v) is 4.86. The van der Waals surface area contributed by atoms with Gasteiger partial charge in [-0.1, -0.05) is 36.4 Å². The second-order valence-corrected chi connectivity index (χ2v) is 6.28. The fraction of sp³-hybridized carbons (Fsp3) is 0.0952. The number of methoxy groups -OCH3 is 1. The van der Waals surface area contributed by atoms with Crippen LogP contribution in [0.1, 0.15) is 11.7 Å². The molecule has 4 aromatic rings. The minimum absolute atomic E-state index is 0.135. The molecule has 1 unspecified atom stereocenters. The third-order valence-electron chi connectivity index (χ3n) is 4.86. The van der Waals surface area contributed by atoms with Crippen LogP contribution >= 0.6 is 0 Å². The van der Waals surface area contributed by atoms with E-state index in [1.807, 2.05) is 54.6 Å². The predicted octanol–water partition coefficient (Wildman–Crippen LogP) is 4.39. The van der Waals surface area contributed by atoms with E-state index >= 15 is 0 Å². The average molecular weight is 343 g/mol. The summed E-state index contributed by atoms with van der Waals surface area (Å²) in [6, 6.07) is 21.7. The maximum atomic E-state index is 10.7. The van der Waals surface area contributed by atoms with Crippen LogP contribution in [0.5, 0.6) is 11.5 Å². The van der Waals surface area contributed by atoms with Crippen molar-refractivity contribution in [1.82, 2.24) is 9.55 Å². The molecule has 128 valence electrons. The van der Waals surface area contributed by atoms with E-state index in [9.17, 15) is 5.11 Å². The van der Waals surface area contributed by atoms with Crippen molar-refractivity contribution in [3.05, 3.63) is 72.3 Å². The number of nitrogens with one attached hydrogen (secondary N) is 1. The van der Waals surface area contributed by atoms with Crippen LogP contribution in [0.4, 0.5) is 5.69 Å². The molecule has 0 radical (unpaired) electrons. The first-order chi connectivity index (χ1) is 12.8. The number of aromatic nitrogens is 2. The Hall–Kier alpha value is -3.47. The van der Waals surface area contributed by atoms with E-state index in [0.29, 0.717) is 5.75 Å². The largest absolute Gasteiger partial charge is 0.504 e. The second kappa shape index (κ2) is 5.52. The Morgan fingerprint density at radius 3 is 2.69 bits per heavy atom. The van der Waals surface area contributed by atoms with Crippen LogP contribution in [-0.2, 0) is 0 Å². The number of nitrogens with zero attached hydrogens (tertiary/aromatic N) is 2. The lowest BCUT2D eigenvalue weighted by atomic mass is 10.0. The molecule has 0 aliphatic carbocycles. The van der Waals surface area contributed by atoms with Gasteiger partial charge < -0.3 is 15.2 Å². The summed E-state index contributed by atoms with van der Waals surface area (Å²) in [4.78, 5) is 4.85. The summed E-state index contributed by atoms with van der Waals surface area (Å²) in [6.07, 6.45) is -0.289. The number of rotatable bonds is 2. The summed E-state index contributed by atoms with van der Waals surface area (Å²) in [7, 11) is 1.56. The van der Waals surface area contributed by atoms with Crippen molar-refractivity contribution in [1.29, 1.82) is 0 Å². The number of phenols is 1.